The van der Waals surface area contributed by atoms with E-state index in [1.807, 2.05) is 24.3 Å². The van der Waals surface area contributed by atoms with E-state index in [1.165, 1.54) is 5.56 Å². The van der Waals surface area contributed by atoms with Crippen molar-refractivity contribution in [1.82, 2.24) is 4.90 Å². The van der Waals surface area contributed by atoms with Crippen LogP contribution in [0.4, 0.5) is 5.69 Å². The highest BCUT2D eigenvalue weighted by Gasteiger charge is 2.35. The summed E-state index contributed by atoms with van der Waals surface area (Å²) in [6.07, 6.45) is -0.700. The van der Waals surface area contributed by atoms with E-state index >= 15 is 0 Å². The Hall–Kier alpha value is -2.04. The molecule has 4 heteroatoms. The van der Waals surface area contributed by atoms with Gasteiger partial charge in [0.05, 0.1) is 6.04 Å². The number of fused-ring (bicyclic) bond motifs is 5. The third-order valence-corrected chi connectivity index (χ3v) is 4.85. The molecule has 1 fully saturated rings. The summed E-state index contributed by atoms with van der Waals surface area (Å²) in [7, 11) is 2.14. The van der Waals surface area contributed by atoms with Crippen molar-refractivity contribution in [3.05, 3.63) is 59.2 Å². The summed E-state index contributed by atoms with van der Waals surface area (Å²) >= 11 is 0. The predicted molar refractivity (Wildman–Crippen MR) is 86.2 cm³/mol. The molecule has 2 aromatic rings. The Morgan fingerprint density at radius 1 is 1.00 bits per heavy atom. The number of rotatable bonds is 0. The average Bonchev–Trinajstić information content (AvgIpc) is 2.63. The van der Waals surface area contributed by atoms with E-state index in [-0.39, 0.29) is 11.8 Å². The number of aromatic hydroxyl groups is 1. The topological polar surface area (TPSA) is 46.9 Å². The van der Waals surface area contributed by atoms with Gasteiger partial charge in [0.15, 0.2) is 0 Å². The maximum Gasteiger partial charge on any atom is 0.116 e. The van der Waals surface area contributed by atoms with Crippen LogP contribution in [-0.4, -0.2) is 41.8 Å². The molecule has 0 aliphatic carbocycles. The molecule has 2 aliphatic rings. The van der Waals surface area contributed by atoms with Crippen molar-refractivity contribution in [2.45, 2.75) is 12.1 Å². The Labute approximate surface area is 130 Å². The SMILES string of the molecule is CN1CCN2c3ccc(O)cc3C(O)c3ccccc3C2C1. The Kier molecular flexibility index (Phi) is 3.10. The summed E-state index contributed by atoms with van der Waals surface area (Å²) < 4.78 is 0. The molecule has 0 saturated carbocycles. The molecule has 22 heavy (non-hydrogen) atoms. The van der Waals surface area contributed by atoms with E-state index in [9.17, 15) is 10.2 Å². The molecule has 0 amide bonds. The van der Waals surface area contributed by atoms with Gasteiger partial charge in [-0.3, -0.25) is 0 Å². The second-order valence-corrected chi connectivity index (χ2v) is 6.25. The number of nitrogens with zero attached hydrogens (tertiary/aromatic N) is 2. The minimum absolute atomic E-state index is 0.197. The fraction of sp³-hybridized carbons (Fsp3) is 0.333. The van der Waals surface area contributed by atoms with Gasteiger partial charge in [-0.15, -0.1) is 0 Å². The maximum absolute atomic E-state index is 10.9. The number of benzene rings is 2. The lowest BCUT2D eigenvalue weighted by molar-refractivity contribution is 0.219. The van der Waals surface area contributed by atoms with Gasteiger partial charge >= 0.3 is 0 Å². The largest absolute Gasteiger partial charge is 0.508 e. The summed E-state index contributed by atoms with van der Waals surface area (Å²) in [5, 5.41) is 20.7. The van der Waals surface area contributed by atoms with Crippen LogP contribution in [0.5, 0.6) is 5.75 Å². The van der Waals surface area contributed by atoms with Crippen LogP contribution in [0.15, 0.2) is 42.5 Å². The number of phenols is 1. The number of hydrogen-bond donors (Lipinski definition) is 2. The highest BCUT2D eigenvalue weighted by Crippen LogP contribution is 2.44. The van der Waals surface area contributed by atoms with E-state index < -0.39 is 6.10 Å². The zero-order valence-corrected chi connectivity index (χ0v) is 12.6. The molecule has 1 saturated heterocycles. The van der Waals surface area contributed by atoms with Gasteiger partial charge in [-0.1, -0.05) is 24.3 Å². The van der Waals surface area contributed by atoms with Gasteiger partial charge in [-0.05, 0) is 36.4 Å². The van der Waals surface area contributed by atoms with Gasteiger partial charge in [0.2, 0.25) is 0 Å². The molecule has 2 aliphatic heterocycles. The highest BCUT2D eigenvalue weighted by molar-refractivity contribution is 5.63. The Balaban J connectivity index is 1.96. The third-order valence-electron chi connectivity index (χ3n) is 4.85. The van der Waals surface area contributed by atoms with Crippen molar-refractivity contribution in [1.29, 1.82) is 0 Å². The molecule has 0 bridgehead atoms. The second-order valence-electron chi connectivity index (χ2n) is 6.25. The van der Waals surface area contributed by atoms with E-state index in [0.29, 0.717) is 0 Å². The molecule has 2 heterocycles. The molecular formula is C18H20N2O2. The zero-order chi connectivity index (χ0) is 15.3. The number of likely N-dealkylation sites (N-methyl/N-ethyl adjacent to an activating group) is 1. The first-order valence-corrected chi connectivity index (χ1v) is 7.70. The minimum atomic E-state index is -0.700. The lowest BCUT2D eigenvalue weighted by Crippen LogP contribution is -2.46. The fourth-order valence-corrected chi connectivity index (χ4v) is 3.73. The van der Waals surface area contributed by atoms with E-state index in [2.05, 4.69) is 22.9 Å². The molecule has 4 rings (SSSR count). The molecule has 0 spiro atoms. The van der Waals surface area contributed by atoms with Crippen LogP contribution in [-0.2, 0) is 0 Å². The number of hydrogen-bond acceptors (Lipinski definition) is 4. The Morgan fingerprint density at radius 3 is 2.59 bits per heavy atom. The third kappa shape index (κ3) is 1.99. The molecule has 2 atom stereocenters. The van der Waals surface area contributed by atoms with Crippen LogP contribution in [0.1, 0.15) is 28.8 Å². The quantitative estimate of drug-likeness (QED) is 0.783. The van der Waals surface area contributed by atoms with Gasteiger partial charge in [-0.25, -0.2) is 0 Å². The van der Waals surface area contributed by atoms with E-state index in [1.54, 1.807) is 12.1 Å². The normalized spacial score (nSPS) is 24.2. The van der Waals surface area contributed by atoms with Crippen molar-refractivity contribution in [3.63, 3.8) is 0 Å². The first kappa shape index (κ1) is 13.6. The van der Waals surface area contributed by atoms with Gasteiger partial charge in [0.25, 0.3) is 0 Å². The number of aliphatic hydroxyl groups excluding tert-OH is 1. The van der Waals surface area contributed by atoms with E-state index in [0.717, 1.165) is 36.4 Å². The predicted octanol–water partition coefficient (Wildman–Crippen LogP) is 2.28. The van der Waals surface area contributed by atoms with Crippen LogP contribution < -0.4 is 4.90 Å². The molecule has 114 valence electrons. The molecule has 2 unspecified atom stereocenters. The van der Waals surface area contributed by atoms with E-state index in [4.69, 9.17) is 0 Å². The minimum Gasteiger partial charge on any atom is -0.508 e. The second kappa shape index (κ2) is 5.00. The summed E-state index contributed by atoms with van der Waals surface area (Å²) in [4.78, 5) is 4.69. The van der Waals surface area contributed by atoms with Crippen molar-refractivity contribution in [2.24, 2.45) is 0 Å². The van der Waals surface area contributed by atoms with Crippen molar-refractivity contribution in [3.8, 4) is 5.75 Å². The van der Waals surface area contributed by atoms with Gasteiger partial charge in [0, 0.05) is 30.9 Å². The number of piperazine rings is 1. The van der Waals surface area contributed by atoms with Crippen molar-refractivity contribution >= 4 is 5.69 Å². The maximum atomic E-state index is 10.9. The van der Waals surface area contributed by atoms with Crippen LogP contribution >= 0.6 is 0 Å². The van der Waals surface area contributed by atoms with Crippen LogP contribution in [0, 0.1) is 0 Å². The van der Waals surface area contributed by atoms with Gasteiger partial charge < -0.3 is 20.0 Å². The van der Waals surface area contributed by atoms with Crippen LogP contribution in [0.2, 0.25) is 0 Å². The number of anilines is 1. The standard InChI is InChI=1S/C18H20N2O2/c1-19-8-9-20-16-7-6-12(21)10-15(16)18(22)14-5-3-2-4-13(14)17(20)11-19/h2-7,10,17-18,21-22H,8-9,11H2,1H3. The molecular weight excluding hydrogens is 276 g/mol. The average molecular weight is 296 g/mol. The van der Waals surface area contributed by atoms with Crippen LogP contribution in [0.25, 0.3) is 0 Å². The van der Waals surface area contributed by atoms with Crippen molar-refractivity contribution in [2.75, 3.05) is 31.6 Å². The van der Waals surface area contributed by atoms with Crippen LogP contribution in [0.3, 0.4) is 0 Å². The first-order valence-electron chi connectivity index (χ1n) is 7.70. The Bertz CT molecular complexity index is 716. The lowest BCUT2D eigenvalue weighted by Gasteiger charge is -2.41. The molecule has 2 N–H and O–H groups in total. The first-order chi connectivity index (χ1) is 10.6. The Morgan fingerprint density at radius 2 is 1.77 bits per heavy atom. The van der Waals surface area contributed by atoms with Gasteiger partial charge in [-0.2, -0.15) is 0 Å². The number of aliphatic hydroxyl groups is 1. The summed E-state index contributed by atoms with van der Waals surface area (Å²) in [6, 6.07) is 13.7. The molecule has 2 aromatic carbocycles. The molecule has 4 nitrogen and oxygen atoms in total. The fourth-order valence-electron chi connectivity index (χ4n) is 3.73. The molecule has 0 radical (unpaired) electrons. The van der Waals surface area contributed by atoms with Gasteiger partial charge in [0.1, 0.15) is 11.9 Å². The highest BCUT2D eigenvalue weighted by atomic mass is 16.3. The summed E-state index contributed by atoms with van der Waals surface area (Å²) in [6.45, 7) is 2.85. The van der Waals surface area contributed by atoms with Crippen molar-refractivity contribution < 1.29 is 10.2 Å². The summed E-state index contributed by atoms with van der Waals surface area (Å²) in [5.74, 6) is 0.197. The lowest BCUT2D eigenvalue weighted by atomic mass is 9.94. The number of phenolic OH excluding ortho intramolecular Hbond substituents is 1. The smallest absolute Gasteiger partial charge is 0.116 e. The zero-order valence-electron chi connectivity index (χ0n) is 12.6. The summed E-state index contributed by atoms with van der Waals surface area (Å²) in [5.41, 5.74) is 3.94. The molecule has 0 aromatic heterocycles. The monoisotopic (exact) mass is 296 g/mol.